The number of benzene rings is 2. The molecule has 0 saturated carbocycles. The van der Waals surface area contributed by atoms with Crippen LogP contribution >= 0.6 is 24.0 Å². The van der Waals surface area contributed by atoms with E-state index >= 15 is 0 Å². The number of para-hydroxylation sites is 1. The number of halogens is 1. The molecule has 6 nitrogen and oxygen atoms in total. The Morgan fingerprint density at radius 1 is 1.17 bits per heavy atom. The second-order valence-electron chi connectivity index (χ2n) is 4.75. The Hall–Kier alpha value is -2.00. The number of nitrogens with one attached hydrogen (secondary N) is 1. The number of aliphatic hydroxyl groups is 1. The van der Waals surface area contributed by atoms with Crippen LogP contribution in [0.4, 0.5) is 5.69 Å². The van der Waals surface area contributed by atoms with Gasteiger partial charge in [-0.2, -0.15) is 0 Å². The van der Waals surface area contributed by atoms with Crippen LogP contribution in [0.5, 0.6) is 11.5 Å². The van der Waals surface area contributed by atoms with Crippen molar-refractivity contribution in [1.29, 1.82) is 0 Å². The van der Waals surface area contributed by atoms with Gasteiger partial charge in [-0.05, 0) is 29.8 Å². The van der Waals surface area contributed by atoms with Crippen molar-refractivity contribution in [3.05, 3.63) is 54.1 Å². The molecule has 0 amide bonds. The van der Waals surface area contributed by atoms with E-state index in [-0.39, 0.29) is 37.2 Å². The zero-order valence-electron chi connectivity index (χ0n) is 13.4. The van der Waals surface area contributed by atoms with E-state index in [1.807, 2.05) is 42.5 Å². The van der Waals surface area contributed by atoms with Gasteiger partial charge >= 0.3 is 0 Å². The van der Waals surface area contributed by atoms with Crippen molar-refractivity contribution in [2.45, 2.75) is 6.54 Å². The number of aliphatic hydroxyl groups excluding tert-OH is 1. The number of guanidine groups is 1. The number of hydrogen-bond donors (Lipinski definition) is 3. The Bertz CT molecular complexity index is 651. The van der Waals surface area contributed by atoms with Crippen molar-refractivity contribution < 1.29 is 14.6 Å². The van der Waals surface area contributed by atoms with E-state index in [2.05, 4.69) is 10.3 Å². The molecule has 0 atom stereocenters. The fourth-order valence-corrected chi connectivity index (χ4v) is 1.97. The van der Waals surface area contributed by atoms with Crippen LogP contribution < -0.4 is 20.5 Å². The average molecular weight is 443 g/mol. The molecule has 7 heteroatoms. The highest BCUT2D eigenvalue weighted by Crippen LogP contribution is 2.28. The van der Waals surface area contributed by atoms with Crippen LogP contribution in [0, 0.1) is 0 Å². The quantitative estimate of drug-likeness (QED) is 0.348. The number of aliphatic imine (C=N–C) groups is 1. The third-order valence-corrected chi connectivity index (χ3v) is 3.06. The van der Waals surface area contributed by atoms with Crippen molar-refractivity contribution >= 4 is 35.6 Å². The molecule has 0 radical (unpaired) electrons. The average Bonchev–Trinajstić information content (AvgIpc) is 2.59. The highest BCUT2D eigenvalue weighted by molar-refractivity contribution is 14.0. The molecular formula is C17H22IN3O3. The summed E-state index contributed by atoms with van der Waals surface area (Å²) in [4.78, 5) is 4.30. The largest absolute Gasteiger partial charge is 0.493 e. The molecule has 0 aliphatic carbocycles. The zero-order chi connectivity index (χ0) is 16.5. The van der Waals surface area contributed by atoms with Crippen LogP contribution in [0.2, 0.25) is 0 Å². The van der Waals surface area contributed by atoms with Gasteiger partial charge in [0, 0.05) is 5.69 Å². The summed E-state index contributed by atoms with van der Waals surface area (Å²) in [5.74, 6) is 1.53. The van der Waals surface area contributed by atoms with E-state index in [9.17, 15) is 0 Å². The summed E-state index contributed by atoms with van der Waals surface area (Å²) in [6.07, 6.45) is 0. The van der Waals surface area contributed by atoms with Crippen LogP contribution in [0.3, 0.4) is 0 Å². The number of rotatable bonds is 7. The lowest BCUT2D eigenvalue weighted by Gasteiger charge is -2.11. The fourth-order valence-electron chi connectivity index (χ4n) is 1.97. The van der Waals surface area contributed by atoms with Crippen molar-refractivity contribution in [3.63, 3.8) is 0 Å². The number of hydrogen-bond acceptors (Lipinski definition) is 4. The Balaban J connectivity index is 0.00000288. The van der Waals surface area contributed by atoms with Gasteiger partial charge in [0.15, 0.2) is 17.5 Å². The van der Waals surface area contributed by atoms with Gasteiger partial charge in [0.1, 0.15) is 6.61 Å². The number of ether oxygens (including phenoxy) is 2. The lowest BCUT2D eigenvalue weighted by Crippen LogP contribution is -2.22. The molecular weight excluding hydrogens is 421 g/mol. The number of nitrogens with two attached hydrogens (primary N) is 1. The second kappa shape index (κ2) is 10.7. The summed E-state index contributed by atoms with van der Waals surface area (Å²) in [5, 5.41) is 11.8. The third-order valence-electron chi connectivity index (χ3n) is 3.06. The minimum absolute atomic E-state index is 0. The summed E-state index contributed by atoms with van der Waals surface area (Å²) >= 11 is 0. The molecule has 2 rings (SSSR count). The predicted octanol–water partition coefficient (Wildman–Crippen LogP) is 2.61. The summed E-state index contributed by atoms with van der Waals surface area (Å²) in [5.41, 5.74) is 7.70. The molecule has 0 spiro atoms. The van der Waals surface area contributed by atoms with E-state index in [1.54, 1.807) is 13.2 Å². The van der Waals surface area contributed by atoms with Crippen molar-refractivity contribution in [2.75, 3.05) is 25.6 Å². The molecule has 0 bridgehead atoms. The van der Waals surface area contributed by atoms with Gasteiger partial charge in [-0.15, -0.1) is 24.0 Å². The van der Waals surface area contributed by atoms with Crippen molar-refractivity contribution in [1.82, 2.24) is 0 Å². The van der Waals surface area contributed by atoms with Crippen LogP contribution in [-0.2, 0) is 6.54 Å². The maximum atomic E-state index is 8.81. The van der Waals surface area contributed by atoms with Gasteiger partial charge in [-0.25, -0.2) is 4.99 Å². The minimum Gasteiger partial charge on any atom is -0.493 e. The van der Waals surface area contributed by atoms with Gasteiger partial charge in [0.25, 0.3) is 0 Å². The first kappa shape index (κ1) is 20.0. The summed E-state index contributed by atoms with van der Waals surface area (Å²) < 4.78 is 10.7. The van der Waals surface area contributed by atoms with E-state index in [0.717, 1.165) is 11.3 Å². The van der Waals surface area contributed by atoms with E-state index < -0.39 is 0 Å². The summed E-state index contributed by atoms with van der Waals surface area (Å²) in [6, 6.07) is 15.1. The smallest absolute Gasteiger partial charge is 0.193 e. The molecule has 0 unspecified atom stereocenters. The van der Waals surface area contributed by atoms with E-state index in [0.29, 0.717) is 24.0 Å². The molecule has 0 aliphatic rings. The molecule has 4 N–H and O–H groups in total. The monoisotopic (exact) mass is 443 g/mol. The van der Waals surface area contributed by atoms with E-state index in [4.69, 9.17) is 20.3 Å². The second-order valence-corrected chi connectivity index (χ2v) is 4.75. The first-order valence-electron chi connectivity index (χ1n) is 7.25. The Labute approximate surface area is 158 Å². The molecule has 0 aliphatic heterocycles. The maximum absolute atomic E-state index is 8.81. The molecule has 2 aromatic rings. The highest BCUT2D eigenvalue weighted by atomic mass is 127. The number of methoxy groups -OCH3 is 1. The van der Waals surface area contributed by atoms with Crippen molar-refractivity contribution in [3.8, 4) is 11.5 Å². The number of nitrogens with zero attached hydrogens (tertiary/aromatic N) is 1. The Kier molecular flexibility index (Phi) is 8.95. The fraction of sp³-hybridized carbons (Fsp3) is 0.235. The van der Waals surface area contributed by atoms with Crippen LogP contribution in [-0.4, -0.2) is 31.4 Å². The first-order valence-corrected chi connectivity index (χ1v) is 7.25. The lowest BCUT2D eigenvalue weighted by atomic mass is 10.2. The maximum Gasteiger partial charge on any atom is 0.193 e. The van der Waals surface area contributed by atoms with Gasteiger partial charge in [0.2, 0.25) is 0 Å². The Morgan fingerprint density at radius 2 is 1.92 bits per heavy atom. The Morgan fingerprint density at radius 3 is 2.58 bits per heavy atom. The molecule has 0 saturated heterocycles. The minimum atomic E-state index is -0.0448. The molecule has 2 aromatic carbocycles. The molecule has 0 fully saturated rings. The number of anilines is 1. The first-order chi connectivity index (χ1) is 11.2. The highest BCUT2D eigenvalue weighted by Gasteiger charge is 2.05. The normalized spacial score (nSPS) is 10.7. The lowest BCUT2D eigenvalue weighted by molar-refractivity contribution is 0.196. The molecule has 0 aromatic heterocycles. The van der Waals surface area contributed by atoms with Gasteiger partial charge in [-0.3, -0.25) is 0 Å². The summed E-state index contributed by atoms with van der Waals surface area (Å²) in [7, 11) is 1.57. The van der Waals surface area contributed by atoms with Gasteiger partial charge in [0.05, 0.1) is 20.3 Å². The zero-order valence-corrected chi connectivity index (χ0v) is 15.8. The SMILES string of the molecule is COc1cc(CN=C(N)Nc2ccccc2)ccc1OCCO.I. The van der Waals surface area contributed by atoms with Gasteiger partial charge in [-0.1, -0.05) is 24.3 Å². The molecule has 0 heterocycles. The van der Waals surface area contributed by atoms with E-state index in [1.165, 1.54) is 0 Å². The van der Waals surface area contributed by atoms with Crippen LogP contribution in [0.25, 0.3) is 0 Å². The van der Waals surface area contributed by atoms with Crippen molar-refractivity contribution in [2.24, 2.45) is 10.7 Å². The third kappa shape index (κ3) is 6.25. The molecule has 130 valence electrons. The predicted molar refractivity (Wildman–Crippen MR) is 106 cm³/mol. The molecule has 24 heavy (non-hydrogen) atoms. The topological polar surface area (TPSA) is 89.1 Å². The van der Waals surface area contributed by atoms with Gasteiger partial charge < -0.3 is 25.6 Å². The van der Waals surface area contributed by atoms with Crippen LogP contribution in [0.15, 0.2) is 53.5 Å². The van der Waals surface area contributed by atoms with Crippen LogP contribution in [0.1, 0.15) is 5.56 Å². The standard InChI is InChI=1S/C17H21N3O3.HI/c1-22-16-11-13(7-8-15(16)23-10-9-21)12-19-17(18)20-14-5-3-2-4-6-14;/h2-8,11,21H,9-10,12H2,1H3,(H3,18,19,20);1H. The summed E-state index contributed by atoms with van der Waals surface area (Å²) in [6.45, 7) is 0.598.